The van der Waals surface area contributed by atoms with Crippen LogP contribution in [-0.2, 0) is 0 Å². The van der Waals surface area contributed by atoms with E-state index < -0.39 is 0 Å². The molecule has 12 rings (SSSR count). The fourth-order valence-corrected chi connectivity index (χ4v) is 8.21. The summed E-state index contributed by atoms with van der Waals surface area (Å²) in [5.74, 6) is 2.63. The molecule has 0 aliphatic carbocycles. The Morgan fingerprint density at radius 1 is 0.393 bits per heavy atom. The number of para-hydroxylation sites is 3. The smallest absolute Gasteiger partial charge is 0.248 e. The molecule has 5 heterocycles. The highest BCUT2D eigenvalue weighted by Crippen LogP contribution is 2.38. The van der Waals surface area contributed by atoms with E-state index in [1.807, 2.05) is 84.9 Å². The minimum Gasteiger partial charge on any atom is -0.436 e. The van der Waals surface area contributed by atoms with Crippen LogP contribution in [0.5, 0.6) is 0 Å². The lowest BCUT2D eigenvalue weighted by Crippen LogP contribution is -2.06. The topological polar surface area (TPSA) is 79.0 Å². The van der Waals surface area contributed by atoms with Gasteiger partial charge in [-0.25, -0.2) is 4.98 Å². The molecule has 0 fully saturated rings. The normalized spacial score (nSPS) is 11.9. The van der Waals surface area contributed by atoms with Crippen LogP contribution in [0.4, 0.5) is 0 Å². The van der Waals surface area contributed by atoms with Gasteiger partial charge in [0.2, 0.25) is 17.4 Å². The van der Waals surface area contributed by atoms with Crippen molar-refractivity contribution in [3.63, 3.8) is 0 Å². The van der Waals surface area contributed by atoms with Crippen LogP contribution in [0.2, 0.25) is 0 Å². The van der Waals surface area contributed by atoms with E-state index in [-0.39, 0.29) is 0 Å². The van der Waals surface area contributed by atoms with Gasteiger partial charge >= 0.3 is 0 Å². The highest BCUT2D eigenvalue weighted by Gasteiger charge is 2.23. The molecule has 56 heavy (non-hydrogen) atoms. The van der Waals surface area contributed by atoms with Gasteiger partial charge in [0.1, 0.15) is 11.1 Å². The first-order valence-corrected chi connectivity index (χ1v) is 18.6. The van der Waals surface area contributed by atoms with Gasteiger partial charge in [0.05, 0.1) is 22.1 Å². The standard InChI is InChI=1S/C48H29N7O/c1-4-14-30(15-5-1)44-49-45(31-16-6-2-7-17-31)51-47(50-44)54-38-22-12-10-20-35(38)37-28-32(24-26-39(37)54)33-25-27-40-41(29-33)53(34-18-8-3-9-19-34)48-52-46-43(55(40)48)36-21-11-13-23-42(36)56-46/h1-29H. The summed E-state index contributed by atoms with van der Waals surface area (Å²) in [6.07, 6.45) is 0. The minimum atomic E-state index is 0.570. The summed E-state index contributed by atoms with van der Waals surface area (Å²) in [7, 11) is 0. The van der Waals surface area contributed by atoms with Crippen LogP contribution >= 0.6 is 0 Å². The highest BCUT2D eigenvalue weighted by molar-refractivity contribution is 6.11. The Hall–Kier alpha value is -7.84. The quantitative estimate of drug-likeness (QED) is 0.177. The van der Waals surface area contributed by atoms with Crippen LogP contribution in [0.1, 0.15) is 0 Å². The van der Waals surface area contributed by atoms with E-state index in [2.05, 4.69) is 105 Å². The highest BCUT2D eigenvalue weighted by atomic mass is 16.3. The average Bonchev–Trinajstić information content (AvgIpc) is 3.99. The lowest BCUT2D eigenvalue weighted by atomic mass is 10.0. The lowest BCUT2D eigenvalue weighted by molar-refractivity contribution is 0.656. The summed E-state index contributed by atoms with van der Waals surface area (Å²) >= 11 is 0. The van der Waals surface area contributed by atoms with Crippen molar-refractivity contribution in [2.45, 2.75) is 0 Å². The molecule has 0 spiro atoms. The Morgan fingerprint density at radius 2 is 0.982 bits per heavy atom. The second kappa shape index (κ2) is 11.8. The molecule has 0 radical (unpaired) electrons. The zero-order valence-electron chi connectivity index (χ0n) is 29.8. The number of rotatable bonds is 5. The summed E-state index contributed by atoms with van der Waals surface area (Å²) in [5, 5.41) is 3.27. The van der Waals surface area contributed by atoms with Crippen molar-refractivity contribution in [1.82, 2.24) is 33.5 Å². The number of aromatic nitrogens is 7. The second-order valence-electron chi connectivity index (χ2n) is 14.0. The maximum absolute atomic E-state index is 6.24. The summed E-state index contributed by atoms with van der Waals surface area (Å²) in [5.41, 5.74) is 11.7. The number of benzene rings is 7. The number of fused-ring (bicyclic) bond motifs is 10. The van der Waals surface area contributed by atoms with E-state index in [9.17, 15) is 0 Å². The van der Waals surface area contributed by atoms with Crippen LogP contribution in [0, 0.1) is 0 Å². The summed E-state index contributed by atoms with van der Waals surface area (Å²) in [4.78, 5) is 20.2. The molecule has 5 aromatic heterocycles. The van der Waals surface area contributed by atoms with Gasteiger partial charge in [0.25, 0.3) is 0 Å². The first-order valence-electron chi connectivity index (χ1n) is 18.6. The molecule has 0 saturated heterocycles. The first-order chi connectivity index (χ1) is 27.8. The molecule has 12 aromatic rings. The van der Waals surface area contributed by atoms with Crippen LogP contribution in [0.25, 0.3) is 106 Å². The van der Waals surface area contributed by atoms with Gasteiger partial charge in [-0.05, 0) is 65.7 Å². The molecular weight excluding hydrogens is 691 g/mol. The third kappa shape index (κ3) is 4.53. The molecule has 0 amide bonds. The van der Waals surface area contributed by atoms with Crippen LogP contribution in [0.3, 0.4) is 0 Å². The molecule has 8 heteroatoms. The van der Waals surface area contributed by atoms with Gasteiger partial charge in [-0.3, -0.25) is 13.5 Å². The molecule has 0 atom stereocenters. The van der Waals surface area contributed by atoms with E-state index in [1.165, 1.54) is 0 Å². The minimum absolute atomic E-state index is 0.570. The molecule has 0 bridgehead atoms. The number of nitrogens with zero attached hydrogens (tertiary/aromatic N) is 7. The molecule has 0 N–H and O–H groups in total. The molecule has 262 valence electrons. The van der Waals surface area contributed by atoms with Crippen molar-refractivity contribution >= 4 is 60.8 Å². The van der Waals surface area contributed by atoms with Gasteiger partial charge in [0.15, 0.2) is 11.6 Å². The number of hydrogen-bond donors (Lipinski definition) is 0. The fraction of sp³-hybridized carbons (Fsp3) is 0. The van der Waals surface area contributed by atoms with E-state index in [1.54, 1.807) is 0 Å². The van der Waals surface area contributed by atoms with E-state index in [0.29, 0.717) is 23.3 Å². The summed E-state index contributed by atoms with van der Waals surface area (Å²) < 4.78 is 12.9. The number of hydrogen-bond acceptors (Lipinski definition) is 5. The molecule has 7 aromatic carbocycles. The second-order valence-corrected chi connectivity index (χ2v) is 14.0. The van der Waals surface area contributed by atoms with Crippen molar-refractivity contribution in [3.8, 4) is 45.5 Å². The Bertz CT molecular complexity index is 3410. The van der Waals surface area contributed by atoms with Crippen LogP contribution in [-0.4, -0.2) is 33.5 Å². The molecular formula is C48H29N7O. The van der Waals surface area contributed by atoms with Crippen molar-refractivity contribution in [1.29, 1.82) is 0 Å². The average molecular weight is 720 g/mol. The van der Waals surface area contributed by atoms with E-state index in [4.69, 9.17) is 24.4 Å². The third-order valence-corrected chi connectivity index (χ3v) is 10.7. The molecule has 8 nitrogen and oxygen atoms in total. The Balaban J connectivity index is 1.07. The Labute approximate surface area is 319 Å². The monoisotopic (exact) mass is 719 g/mol. The molecule has 0 saturated carbocycles. The largest absolute Gasteiger partial charge is 0.436 e. The van der Waals surface area contributed by atoms with Crippen LogP contribution in [0.15, 0.2) is 180 Å². The van der Waals surface area contributed by atoms with Gasteiger partial charge < -0.3 is 4.42 Å². The fourth-order valence-electron chi connectivity index (χ4n) is 8.21. The van der Waals surface area contributed by atoms with Gasteiger partial charge in [-0.1, -0.05) is 121 Å². The summed E-state index contributed by atoms with van der Waals surface area (Å²) in [6, 6.07) is 60.5. The number of imidazole rings is 2. The molecule has 0 unspecified atom stereocenters. The zero-order valence-corrected chi connectivity index (χ0v) is 29.8. The van der Waals surface area contributed by atoms with Crippen molar-refractivity contribution < 1.29 is 4.42 Å². The van der Waals surface area contributed by atoms with E-state index >= 15 is 0 Å². The van der Waals surface area contributed by atoms with Gasteiger partial charge in [-0.2, -0.15) is 15.0 Å². The summed E-state index contributed by atoms with van der Waals surface area (Å²) in [6.45, 7) is 0. The third-order valence-electron chi connectivity index (χ3n) is 10.7. The maximum Gasteiger partial charge on any atom is 0.248 e. The van der Waals surface area contributed by atoms with E-state index in [0.717, 1.165) is 83.0 Å². The molecule has 0 aliphatic rings. The first kappa shape index (κ1) is 30.6. The lowest BCUT2D eigenvalue weighted by Gasteiger charge is -2.11. The van der Waals surface area contributed by atoms with Crippen LogP contribution < -0.4 is 0 Å². The zero-order chi connectivity index (χ0) is 36.7. The van der Waals surface area contributed by atoms with Gasteiger partial charge in [0, 0.05) is 33.0 Å². The van der Waals surface area contributed by atoms with Crippen molar-refractivity contribution in [3.05, 3.63) is 176 Å². The van der Waals surface area contributed by atoms with Gasteiger partial charge in [-0.15, -0.1) is 0 Å². The Morgan fingerprint density at radius 3 is 1.71 bits per heavy atom. The van der Waals surface area contributed by atoms with Crippen molar-refractivity contribution in [2.75, 3.05) is 0 Å². The van der Waals surface area contributed by atoms with Crippen molar-refractivity contribution in [2.24, 2.45) is 0 Å². The predicted octanol–water partition coefficient (Wildman–Crippen LogP) is 11.5. The Kier molecular flexibility index (Phi) is 6.47. The maximum atomic E-state index is 6.24. The number of furan rings is 1. The SMILES string of the molecule is c1ccc(-c2nc(-c3ccccc3)nc(-n3c4ccccc4c4cc(-c5ccc6c(c5)n(-c5ccccc5)c5nc7oc8ccccc8c7n65)ccc43)n2)cc1. The molecule has 0 aliphatic heterocycles. The predicted molar refractivity (Wildman–Crippen MR) is 223 cm³/mol.